The monoisotopic (exact) mass is 342 g/mol. The standard InChI is InChI=1S/C18H22N4O3/c1-4-10-22-17(24)9-8-15(21-22)18(25)19-11-16(23)20-14-7-5-6-12(2)13(14)3/h5-9H,4,10-11H2,1-3H3,(H,19,25)(H,20,23). The fourth-order valence-corrected chi connectivity index (χ4v) is 2.27. The van der Waals surface area contributed by atoms with E-state index in [2.05, 4.69) is 15.7 Å². The highest BCUT2D eigenvalue weighted by molar-refractivity contribution is 5.98. The van der Waals surface area contributed by atoms with Crippen molar-refractivity contribution in [2.75, 3.05) is 11.9 Å². The van der Waals surface area contributed by atoms with E-state index in [9.17, 15) is 14.4 Å². The molecule has 0 bridgehead atoms. The van der Waals surface area contributed by atoms with Gasteiger partial charge in [-0.05, 0) is 43.5 Å². The Balaban J connectivity index is 1.97. The van der Waals surface area contributed by atoms with Crippen LogP contribution in [0.25, 0.3) is 0 Å². The van der Waals surface area contributed by atoms with Gasteiger partial charge in [-0.2, -0.15) is 5.10 Å². The second kappa shape index (κ2) is 8.23. The molecule has 0 unspecified atom stereocenters. The zero-order chi connectivity index (χ0) is 18.4. The van der Waals surface area contributed by atoms with Gasteiger partial charge in [0.25, 0.3) is 11.5 Å². The molecule has 7 heteroatoms. The molecule has 0 aliphatic carbocycles. The minimum Gasteiger partial charge on any atom is -0.342 e. The van der Waals surface area contributed by atoms with Gasteiger partial charge in [-0.1, -0.05) is 19.1 Å². The summed E-state index contributed by atoms with van der Waals surface area (Å²) in [7, 11) is 0. The quantitative estimate of drug-likeness (QED) is 0.834. The largest absolute Gasteiger partial charge is 0.342 e. The van der Waals surface area contributed by atoms with E-state index in [0.717, 1.165) is 17.5 Å². The van der Waals surface area contributed by atoms with Crippen molar-refractivity contribution in [3.8, 4) is 0 Å². The topological polar surface area (TPSA) is 93.1 Å². The van der Waals surface area contributed by atoms with Crippen molar-refractivity contribution >= 4 is 17.5 Å². The summed E-state index contributed by atoms with van der Waals surface area (Å²) in [5.74, 6) is -0.829. The molecule has 1 aromatic heterocycles. The Morgan fingerprint density at radius 3 is 2.64 bits per heavy atom. The highest BCUT2D eigenvalue weighted by atomic mass is 16.2. The van der Waals surface area contributed by atoms with Crippen LogP contribution in [0.4, 0.5) is 5.69 Å². The van der Waals surface area contributed by atoms with E-state index < -0.39 is 5.91 Å². The Kier molecular flexibility index (Phi) is 6.05. The average Bonchev–Trinajstić information content (AvgIpc) is 2.59. The molecule has 7 nitrogen and oxygen atoms in total. The van der Waals surface area contributed by atoms with E-state index in [-0.39, 0.29) is 23.7 Å². The third kappa shape index (κ3) is 4.76. The summed E-state index contributed by atoms with van der Waals surface area (Å²) in [4.78, 5) is 35.8. The second-order valence-electron chi connectivity index (χ2n) is 5.76. The van der Waals surface area contributed by atoms with E-state index >= 15 is 0 Å². The first-order chi connectivity index (χ1) is 11.9. The smallest absolute Gasteiger partial charge is 0.272 e. The number of nitrogens with zero attached hydrogens (tertiary/aromatic N) is 2. The molecule has 0 radical (unpaired) electrons. The summed E-state index contributed by atoms with van der Waals surface area (Å²) >= 11 is 0. The number of hydrogen-bond acceptors (Lipinski definition) is 4. The molecule has 2 rings (SSSR count). The van der Waals surface area contributed by atoms with Crippen molar-refractivity contribution in [3.63, 3.8) is 0 Å². The fraction of sp³-hybridized carbons (Fsp3) is 0.333. The number of hydrogen-bond donors (Lipinski definition) is 2. The van der Waals surface area contributed by atoms with Gasteiger partial charge in [0.1, 0.15) is 5.69 Å². The van der Waals surface area contributed by atoms with Gasteiger partial charge >= 0.3 is 0 Å². The fourth-order valence-electron chi connectivity index (χ4n) is 2.27. The Bertz CT molecular complexity index is 842. The summed E-state index contributed by atoms with van der Waals surface area (Å²) < 4.78 is 1.24. The molecular formula is C18H22N4O3. The van der Waals surface area contributed by atoms with E-state index in [1.807, 2.05) is 39.0 Å². The van der Waals surface area contributed by atoms with Crippen molar-refractivity contribution in [2.45, 2.75) is 33.7 Å². The van der Waals surface area contributed by atoms with Gasteiger partial charge in [-0.25, -0.2) is 4.68 Å². The maximum absolute atomic E-state index is 12.1. The molecule has 0 aliphatic heterocycles. The maximum atomic E-state index is 12.1. The van der Waals surface area contributed by atoms with Crippen molar-refractivity contribution < 1.29 is 9.59 Å². The molecular weight excluding hydrogens is 320 g/mol. The highest BCUT2D eigenvalue weighted by Crippen LogP contribution is 2.17. The van der Waals surface area contributed by atoms with Crippen LogP contribution in [0.2, 0.25) is 0 Å². The summed E-state index contributed by atoms with van der Waals surface area (Å²) in [6.45, 7) is 6.06. The minimum absolute atomic E-state index is 0.104. The zero-order valence-corrected chi connectivity index (χ0v) is 14.6. The van der Waals surface area contributed by atoms with Crippen molar-refractivity contribution in [1.29, 1.82) is 0 Å². The molecule has 1 aromatic carbocycles. The van der Waals surface area contributed by atoms with Crippen molar-refractivity contribution in [3.05, 3.63) is 57.5 Å². The number of anilines is 1. The van der Waals surface area contributed by atoms with Crippen LogP contribution in [0.5, 0.6) is 0 Å². The number of benzene rings is 1. The molecule has 0 saturated heterocycles. The molecule has 2 aromatic rings. The number of aryl methyl sites for hydroxylation is 2. The average molecular weight is 342 g/mol. The third-order valence-corrected chi connectivity index (χ3v) is 3.82. The van der Waals surface area contributed by atoms with Gasteiger partial charge in [-0.3, -0.25) is 14.4 Å². The van der Waals surface area contributed by atoms with Crippen LogP contribution < -0.4 is 16.2 Å². The minimum atomic E-state index is -0.499. The van der Waals surface area contributed by atoms with Gasteiger partial charge < -0.3 is 10.6 Å². The van der Waals surface area contributed by atoms with Crippen LogP contribution in [-0.2, 0) is 11.3 Å². The first-order valence-electron chi connectivity index (χ1n) is 8.14. The number of rotatable bonds is 6. The maximum Gasteiger partial charge on any atom is 0.272 e. The lowest BCUT2D eigenvalue weighted by Gasteiger charge is -2.11. The summed E-state index contributed by atoms with van der Waals surface area (Å²) in [5, 5.41) is 9.29. The molecule has 0 aliphatic rings. The zero-order valence-electron chi connectivity index (χ0n) is 14.6. The third-order valence-electron chi connectivity index (χ3n) is 3.82. The second-order valence-corrected chi connectivity index (χ2v) is 5.76. The lowest BCUT2D eigenvalue weighted by Crippen LogP contribution is -2.35. The number of aromatic nitrogens is 2. The van der Waals surface area contributed by atoms with Crippen LogP contribution >= 0.6 is 0 Å². The van der Waals surface area contributed by atoms with Gasteiger partial charge in [0, 0.05) is 18.3 Å². The number of carbonyl (C=O) groups excluding carboxylic acids is 2. The predicted octanol–water partition coefficient (Wildman–Crippen LogP) is 1.64. The van der Waals surface area contributed by atoms with Gasteiger partial charge in [0.2, 0.25) is 5.91 Å². The van der Waals surface area contributed by atoms with Crippen LogP contribution in [0.1, 0.15) is 35.0 Å². The lowest BCUT2D eigenvalue weighted by atomic mass is 10.1. The van der Waals surface area contributed by atoms with Crippen LogP contribution in [-0.4, -0.2) is 28.1 Å². The Morgan fingerprint density at radius 2 is 1.92 bits per heavy atom. The van der Waals surface area contributed by atoms with Crippen LogP contribution in [0, 0.1) is 13.8 Å². The van der Waals surface area contributed by atoms with Crippen molar-refractivity contribution in [1.82, 2.24) is 15.1 Å². The van der Waals surface area contributed by atoms with Crippen LogP contribution in [0.3, 0.4) is 0 Å². The van der Waals surface area contributed by atoms with E-state index in [1.165, 1.54) is 16.8 Å². The predicted molar refractivity (Wildman–Crippen MR) is 95.7 cm³/mol. The SMILES string of the molecule is CCCn1nc(C(=O)NCC(=O)Nc2cccc(C)c2C)ccc1=O. The molecule has 2 N–H and O–H groups in total. The van der Waals surface area contributed by atoms with Gasteiger partial charge in [0.15, 0.2) is 0 Å². The number of nitrogens with one attached hydrogen (secondary N) is 2. The first-order valence-corrected chi connectivity index (χ1v) is 8.14. The molecule has 0 atom stereocenters. The Morgan fingerprint density at radius 1 is 1.16 bits per heavy atom. The van der Waals surface area contributed by atoms with E-state index in [1.54, 1.807) is 0 Å². The van der Waals surface area contributed by atoms with Crippen molar-refractivity contribution in [2.24, 2.45) is 0 Å². The normalized spacial score (nSPS) is 10.4. The molecule has 25 heavy (non-hydrogen) atoms. The van der Waals surface area contributed by atoms with Gasteiger partial charge in [-0.15, -0.1) is 0 Å². The Labute approximate surface area is 146 Å². The molecule has 0 saturated carbocycles. The molecule has 132 valence electrons. The first kappa shape index (κ1) is 18.4. The highest BCUT2D eigenvalue weighted by Gasteiger charge is 2.12. The number of carbonyl (C=O) groups is 2. The molecule has 2 amide bonds. The van der Waals surface area contributed by atoms with Gasteiger partial charge in [0.05, 0.1) is 6.54 Å². The van der Waals surface area contributed by atoms with E-state index in [0.29, 0.717) is 12.2 Å². The van der Waals surface area contributed by atoms with E-state index in [4.69, 9.17) is 0 Å². The number of amides is 2. The summed E-state index contributed by atoms with van der Waals surface area (Å²) in [6.07, 6.45) is 0.732. The summed E-state index contributed by atoms with van der Waals surface area (Å²) in [5.41, 5.74) is 2.62. The molecule has 1 heterocycles. The molecule has 0 spiro atoms. The Hall–Kier alpha value is -2.96. The summed E-state index contributed by atoms with van der Waals surface area (Å²) in [6, 6.07) is 8.28. The molecule has 0 fully saturated rings. The van der Waals surface area contributed by atoms with Crippen LogP contribution in [0.15, 0.2) is 35.1 Å². The lowest BCUT2D eigenvalue weighted by molar-refractivity contribution is -0.115.